The van der Waals surface area contributed by atoms with Crippen LogP contribution in [0.4, 0.5) is 0 Å². The van der Waals surface area contributed by atoms with Gasteiger partial charge in [0.1, 0.15) is 0 Å². The van der Waals surface area contributed by atoms with Gasteiger partial charge >= 0.3 is 14.7 Å². The second kappa shape index (κ2) is 22.3. The zero-order valence-corrected chi connectivity index (χ0v) is 17.7. The van der Waals surface area contributed by atoms with E-state index in [0.29, 0.717) is 26.1 Å². The first kappa shape index (κ1) is 25.3. The topological polar surface area (TPSA) is 52.6 Å². The first-order valence-electron chi connectivity index (χ1n) is 10.6. The average molecular weight is 387 g/mol. The van der Waals surface area contributed by atoms with E-state index in [0.717, 1.165) is 12.8 Å². The molecule has 0 fully saturated rings. The Hall–Kier alpha value is -0.730. The summed E-state index contributed by atoms with van der Waals surface area (Å²) < 4.78 is 19.7. The molecule has 5 heteroatoms. The van der Waals surface area contributed by atoms with Crippen molar-refractivity contribution in [1.82, 2.24) is 0 Å². The van der Waals surface area contributed by atoms with E-state index >= 15 is 0 Å². The van der Waals surface area contributed by atoms with E-state index < -0.39 is 0 Å². The van der Waals surface area contributed by atoms with Gasteiger partial charge in [-0.15, -0.1) is 0 Å². The molecule has 0 aromatic carbocycles. The number of unbranched alkanes of at least 4 members (excludes halogenated alkanes) is 11. The maximum atomic E-state index is 11.5. The summed E-state index contributed by atoms with van der Waals surface area (Å²) in [6, 6.07) is 0. The van der Waals surface area contributed by atoms with Crippen LogP contribution in [0, 0.1) is 0 Å². The Balaban J connectivity index is 3.19. The van der Waals surface area contributed by atoms with Crippen molar-refractivity contribution in [2.75, 3.05) is 13.2 Å². The van der Waals surface area contributed by atoms with Gasteiger partial charge < -0.3 is 4.74 Å². The quantitative estimate of drug-likeness (QED) is 0.0962. The minimum absolute atomic E-state index is 0.137. The van der Waals surface area contributed by atoms with Crippen molar-refractivity contribution in [3.63, 3.8) is 0 Å². The minimum atomic E-state index is -0.317. The summed E-state index contributed by atoms with van der Waals surface area (Å²) in [6.45, 7) is 2.96. The molecule has 0 spiro atoms. The van der Waals surface area contributed by atoms with Gasteiger partial charge in [0.25, 0.3) is 0 Å². The van der Waals surface area contributed by atoms with Gasteiger partial charge in [-0.2, -0.15) is 0 Å². The van der Waals surface area contributed by atoms with Crippen LogP contribution in [0.25, 0.3) is 0 Å². The van der Waals surface area contributed by atoms with Crippen LogP contribution in [0.2, 0.25) is 0 Å². The summed E-state index contributed by atoms with van der Waals surface area (Å²) in [7, 11) is -0.317. The van der Waals surface area contributed by atoms with Crippen molar-refractivity contribution in [3.8, 4) is 0 Å². The number of hydrogen-bond donors (Lipinski definition) is 0. The van der Waals surface area contributed by atoms with Gasteiger partial charge in [0.05, 0.1) is 13.2 Å². The molecule has 0 amide bonds. The number of ether oxygens (including phenoxy) is 1. The minimum Gasteiger partial charge on any atom is -0.466 e. The second-order valence-corrected chi connectivity index (χ2v) is 7.22. The molecule has 0 atom stereocenters. The SMILES string of the molecule is CCCCCCCC/C=C\CCCCCCCC(=O)OCCCOP=O. The molecule has 0 aliphatic rings. The highest BCUT2D eigenvalue weighted by atomic mass is 31.1. The number of allylic oxidation sites excluding steroid dienone is 2. The Kier molecular flexibility index (Phi) is 21.7. The smallest absolute Gasteiger partial charge is 0.327 e. The Bertz CT molecular complexity index is 345. The lowest BCUT2D eigenvalue weighted by molar-refractivity contribution is -0.144. The Morgan fingerprint density at radius 3 is 1.96 bits per heavy atom. The summed E-state index contributed by atoms with van der Waals surface area (Å²) in [4.78, 5) is 11.5. The van der Waals surface area contributed by atoms with Crippen LogP contribution >= 0.6 is 8.69 Å². The van der Waals surface area contributed by atoms with Crippen LogP contribution in [0.3, 0.4) is 0 Å². The summed E-state index contributed by atoms with van der Waals surface area (Å²) in [6.07, 6.45) is 22.1. The van der Waals surface area contributed by atoms with E-state index in [-0.39, 0.29) is 14.7 Å². The van der Waals surface area contributed by atoms with E-state index in [1.54, 1.807) is 0 Å². The molecular weight excluding hydrogens is 347 g/mol. The molecule has 0 saturated heterocycles. The van der Waals surface area contributed by atoms with Gasteiger partial charge in [0.2, 0.25) is 0 Å². The van der Waals surface area contributed by atoms with Crippen molar-refractivity contribution in [1.29, 1.82) is 0 Å². The molecule has 0 saturated carbocycles. The molecular formula is C21H39O4P. The van der Waals surface area contributed by atoms with Crippen LogP contribution in [-0.2, 0) is 18.6 Å². The molecule has 0 heterocycles. The van der Waals surface area contributed by atoms with Crippen molar-refractivity contribution < 1.29 is 18.6 Å². The summed E-state index contributed by atoms with van der Waals surface area (Å²) in [5.74, 6) is -0.137. The van der Waals surface area contributed by atoms with Gasteiger partial charge in [-0.3, -0.25) is 9.32 Å². The molecule has 26 heavy (non-hydrogen) atoms. The maximum Gasteiger partial charge on any atom is 0.327 e. The van der Waals surface area contributed by atoms with E-state index in [1.807, 2.05) is 0 Å². The fraction of sp³-hybridized carbons (Fsp3) is 0.857. The molecule has 152 valence electrons. The van der Waals surface area contributed by atoms with Gasteiger partial charge in [-0.25, -0.2) is 4.57 Å². The lowest BCUT2D eigenvalue weighted by Crippen LogP contribution is -2.06. The molecule has 0 aliphatic heterocycles. The third-order valence-electron chi connectivity index (χ3n) is 4.34. The molecule has 0 aliphatic carbocycles. The van der Waals surface area contributed by atoms with Gasteiger partial charge in [0.15, 0.2) is 0 Å². The highest BCUT2D eigenvalue weighted by Crippen LogP contribution is 2.10. The summed E-state index contributed by atoms with van der Waals surface area (Å²) >= 11 is 0. The Morgan fingerprint density at radius 2 is 1.35 bits per heavy atom. The van der Waals surface area contributed by atoms with Gasteiger partial charge in [-0.1, -0.05) is 70.4 Å². The van der Waals surface area contributed by atoms with Crippen molar-refractivity contribution in [3.05, 3.63) is 12.2 Å². The highest BCUT2D eigenvalue weighted by Gasteiger charge is 2.02. The average Bonchev–Trinajstić information content (AvgIpc) is 2.64. The van der Waals surface area contributed by atoms with Crippen molar-refractivity contribution in [2.24, 2.45) is 0 Å². The van der Waals surface area contributed by atoms with E-state index in [9.17, 15) is 9.36 Å². The molecule has 0 unspecified atom stereocenters. The largest absolute Gasteiger partial charge is 0.466 e. The van der Waals surface area contributed by atoms with Crippen molar-refractivity contribution >= 4 is 14.7 Å². The van der Waals surface area contributed by atoms with E-state index in [2.05, 4.69) is 23.6 Å². The van der Waals surface area contributed by atoms with Crippen LogP contribution in [-0.4, -0.2) is 19.2 Å². The zero-order valence-electron chi connectivity index (χ0n) is 16.8. The van der Waals surface area contributed by atoms with E-state index in [1.165, 1.54) is 70.6 Å². The number of carbonyl (C=O) groups is 1. The fourth-order valence-corrected chi connectivity index (χ4v) is 2.96. The van der Waals surface area contributed by atoms with Gasteiger partial charge in [-0.05, 0) is 32.1 Å². The maximum absolute atomic E-state index is 11.5. The summed E-state index contributed by atoms with van der Waals surface area (Å²) in [5, 5.41) is 0. The molecule has 4 nitrogen and oxygen atoms in total. The Morgan fingerprint density at radius 1 is 0.769 bits per heavy atom. The normalized spacial score (nSPS) is 11.4. The van der Waals surface area contributed by atoms with Crippen LogP contribution in [0.1, 0.15) is 103 Å². The highest BCUT2D eigenvalue weighted by molar-refractivity contribution is 7.17. The Labute approximate surface area is 162 Å². The first-order valence-corrected chi connectivity index (χ1v) is 11.3. The number of rotatable bonds is 20. The van der Waals surface area contributed by atoms with Crippen LogP contribution < -0.4 is 0 Å². The monoisotopic (exact) mass is 386 g/mol. The lowest BCUT2D eigenvalue weighted by Gasteiger charge is -2.04. The van der Waals surface area contributed by atoms with Crippen LogP contribution in [0.5, 0.6) is 0 Å². The van der Waals surface area contributed by atoms with Crippen molar-refractivity contribution in [2.45, 2.75) is 103 Å². The predicted molar refractivity (Wildman–Crippen MR) is 109 cm³/mol. The fourth-order valence-electron chi connectivity index (χ4n) is 2.76. The molecule has 0 radical (unpaired) electrons. The number of esters is 1. The van der Waals surface area contributed by atoms with Gasteiger partial charge in [0, 0.05) is 12.8 Å². The second-order valence-electron chi connectivity index (χ2n) is 6.82. The number of hydrogen-bond acceptors (Lipinski definition) is 4. The van der Waals surface area contributed by atoms with Crippen LogP contribution in [0.15, 0.2) is 12.2 Å². The number of carbonyl (C=O) groups excluding carboxylic acids is 1. The molecule has 0 N–H and O–H groups in total. The lowest BCUT2D eigenvalue weighted by atomic mass is 10.1. The molecule has 0 rings (SSSR count). The third-order valence-corrected chi connectivity index (χ3v) is 4.63. The first-order chi connectivity index (χ1) is 12.8. The summed E-state index contributed by atoms with van der Waals surface area (Å²) in [5.41, 5.74) is 0. The predicted octanol–water partition coefficient (Wildman–Crippen LogP) is 7.18. The third kappa shape index (κ3) is 21.3. The standard InChI is InChI=1S/C21H39O4P/c1-2-3-4-5-6-7-8-9-10-11-12-13-14-15-16-18-21(22)24-19-17-20-25-26-23/h9-10H,2-8,11-20H2,1H3/b10-9-. The molecule has 0 aromatic rings. The van der Waals surface area contributed by atoms with E-state index in [4.69, 9.17) is 4.74 Å². The zero-order chi connectivity index (χ0) is 19.1. The molecule has 0 aromatic heterocycles. The molecule has 0 bridgehead atoms.